The zero-order chi connectivity index (χ0) is 16.4. The third-order valence-corrected chi connectivity index (χ3v) is 4.34. The van der Waals surface area contributed by atoms with E-state index in [1.165, 1.54) is 0 Å². The molecule has 2 aliphatic rings. The van der Waals surface area contributed by atoms with Crippen LogP contribution in [-0.4, -0.2) is 55.9 Å². The number of benzene rings is 1. The molecule has 0 spiro atoms. The van der Waals surface area contributed by atoms with Crippen molar-refractivity contribution in [1.82, 2.24) is 10.2 Å². The number of ether oxygens (including phenoxy) is 1. The summed E-state index contributed by atoms with van der Waals surface area (Å²) in [5.74, 6) is -0.887. The van der Waals surface area contributed by atoms with Gasteiger partial charge in [0.05, 0.1) is 5.56 Å². The fraction of sp³-hybridized carbons (Fsp3) is 0.562. The van der Waals surface area contributed by atoms with Crippen LogP contribution in [0.15, 0.2) is 18.2 Å². The normalized spacial score (nSPS) is 22.6. The monoisotopic (exact) mass is 328 g/mol. The molecule has 1 N–H and O–H groups in total. The fourth-order valence-electron chi connectivity index (χ4n) is 3.01. The lowest BCUT2D eigenvalue weighted by molar-refractivity contribution is -0.205. The molecule has 1 saturated heterocycles. The van der Waals surface area contributed by atoms with Gasteiger partial charge in [-0.15, -0.1) is 0 Å². The summed E-state index contributed by atoms with van der Waals surface area (Å²) in [6.45, 7) is 4.75. The Hall–Kier alpha value is -1.60. The standard InChI is InChI=1S/C16H19F3N2O2/c17-16(18,19)14-10-12-9-11(1-2-13(12)15(22)23-14)3-6-21-7-4-20-5-8-21/h1-2,9,14,20H,3-8,10H2. The molecule has 2 heterocycles. The van der Waals surface area contributed by atoms with E-state index in [2.05, 4.69) is 15.0 Å². The molecular formula is C16H19F3N2O2. The second-order valence-electron chi connectivity index (χ2n) is 5.97. The first-order valence-corrected chi connectivity index (χ1v) is 7.76. The van der Waals surface area contributed by atoms with Crippen molar-refractivity contribution in [2.45, 2.75) is 25.1 Å². The molecule has 3 rings (SSSR count). The maximum atomic E-state index is 12.8. The van der Waals surface area contributed by atoms with E-state index in [-0.39, 0.29) is 12.0 Å². The number of fused-ring (bicyclic) bond motifs is 1. The summed E-state index contributed by atoms with van der Waals surface area (Å²) >= 11 is 0. The zero-order valence-corrected chi connectivity index (χ0v) is 12.7. The highest BCUT2D eigenvalue weighted by molar-refractivity contribution is 5.92. The number of halogens is 3. The maximum absolute atomic E-state index is 12.8. The van der Waals surface area contributed by atoms with Crippen LogP contribution in [0.2, 0.25) is 0 Å². The number of cyclic esters (lactones) is 1. The van der Waals surface area contributed by atoms with Crippen molar-refractivity contribution in [3.05, 3.63) is 34.9 Å². The molecule has 7 heteroatoms. The van der Waals surface area contributed by atoms with Crippen LogP contribution in [0.25, 0.3) is 0 Å². The third-order valence-electron chi connectivity index (χ3n) is 4.34. The lowest BCUT2D eigenvalue weighted by Crippen LogP contribution is -2.44. The lowest BCUT2D eigenvalue weighted by Gasteiger charge is -2.28. The molecule has 1 aromatic rings. The van der Waals surface area contributed by atoms with Crippen molar-refractivity contribution >= 4 is 5.97 Å². The highest BCUT2D eigenvalue weighted by Gasteiger charge is 2.45. The predicted molar refractivity (Wildman–Crippen MR) is 78.4 cm³/mol. The van der Waals surface area contributed by atoms with Gasteiger partial charge in [-0.1, -0.05) is 12.1 Å². The van der Waals surface area contributed by atoms with Crippen LogP contribution in [0.4, 0.5) is 13.2 Å². The molecule has 0 bridgehead atoms. The summed E-state index contributed by atoms with van der Waals surface area (Å²) in [5.41, 5.74) is 1.63. The van der Waals surface area contributed by atoms with Gasteiger partial charge in [0.15, 0.2) is 0 Å². The average Bonchev–Trinajstić information content (AvgIpc) is 2.52. The first-order valence-electron chi connectivity index (χ1n) is 7.76. The number of alkyl halides is 3. The van der Waals surface area contributed by atoms with Gasteiger partial charge in [0.25, 0.3) is 0 Å². The Morgan fingerprint density at radius 2 is 2.00 bits per heavy atom. The third kappa shape index (κ3) is 3.84. The van der Waals surface area contributed by atoms with Crippen molar-refractivity contribution in [2.24, 2.45) is 0 Å². The Morgan fingerprint density at radius 3 is 2.70 bits per heavy atom. The van der Waals surface area contributed by atoms with Crippen LogP contribution in [0.5, 0.6) is 0 Å². The van der Waals surface area contributed by atoms with E-state index in [9.17, 15) is 18.0 Å². The molecule has 126 valence electrons. The maximum Gasteiger partial charge on any atom is 0.425 e. The second-order valence-corrected chi connectivity index (χ2v) is 5.97. The Bertz CT molecular complexity index is 583. The second kappa shape index (κ2) is 6.49. The Morgan fingerprint density at radius 1 is 1.26 bits per heavy atom. The Kier molecular flexibility index (Phi) is 4.59. The topological polar surface area (TPSA) is 41.6 Å². The van der Waals surface area contributed by atoms with Crippen molar-refractivity contribution in [2.75, 3.05) is 32.7 Å². The Labute approximate surface area is 132 Å². The van der Waals surface area contributed by atoms with Crippen LogP contribution in [0.1, 0.15) is 21.5 Å². The number of hydrogen-bond donors (Lipinski definition) is 1. The first kappa shape index (κ1) is 16.3. The van der Waals surface area contributed by atoms with E-state index in [1.807, 2.05) is 0 Å². The van der Waals surface area contributed by atoms with Gasteiger partial charge in [-0.25, -0.2) is 4.79 Å². The van der Waals surface area contributed by atoms with E-state index in [4.69, 9.17) is 0 Å². The number of esters is 1. The molecule has 0 radical (unpaired) electrons. The SMILES string of the molecule is O=C1OC(C(F)(F)F)Cc2cc(CCN3CCNCC3)ccc21. The summed E-state index contributed by atoms with van der Waals surface area (Å²) in [6.07, 6.45) is -6.10. The van der Waals surface area contributed by atoms with Crippen LogP contribution < -0.4 is 5.32 Å². The first-order chi connectivity index (χ1) is 10.9. The van der Waals surface area contributed by atoms with E-state index >= 15 is 0 Å². The van der Waals surface area contributed by atoms with Gasteiger partial charge < -0.3 is 15.0 Å². The predicted octanol–water partition coefficient (Wildman–Crippen LogP) is 1.78. The number of rotatable bonds is 3. The summed E-state index contributed by atoms with van der Waals surface area (Å²) < 4.78 is 42.9. The summed E-state index contributed by atoms with van der Waals surface area (Å²) in [5, 5.41) is 3.28. The van der Waals surface area contributed by atoms with Gasteiger partial charge >= 0.3 is 12.1 Å². The molecule has 2 aliphatic heterocycles. The number of carbonyl (C=O) groups excluding carboxylic acids is 1. The largest absolute Gasteiger partial charge is 0.449 e. The summed E-state index contributed by atoms with van der Waals surface area (Å²) in [7, 11) is 0. The smallest absolute Gasteiger partial charge is 0.425 e. The van der Waals surface area contributed by atoms with Crippen molar-refractivity contribution in [3.63, 3.8) is 0 Å². The van der Waals surface area contributed by atoms with Gasteiger partial charge in [-0.2, -0.15) is 13.2 Å². The molecular weight excluding hydrogens is 309 g/mol. The van der Waals surface area contributed by atoms with Crippen molar-refractivity contribution in [3.8, 4) is 0 Å². The summed E-state index contributed by atoms with van der Waals surface area (Å²) in [6, 6.07) is 5.10. The minimum atomic E-state index is -4.52. The molecule has 1 unspecified atom stereocenters. The van der Waals surface area contributed by atoms with E-state index in [1.54, 1.807) is 18.2 Å². The number of nitrogens with one attached hydrogen (secondary N) is 1. The van der Waals surface area contributed by atoms with Gasteiger partial charge in [-0.3, -0.25) is 0 Å². The minimum absolute atomic E-state index is 0.247. The number of nitrogens with zero attached hydrogens (tertiary/aromatic N) is 1. The number of piperazine rings is 1. The molecule has 4 nitrogen and oxygen atoms in total. The van der Waals surface area contributed by atoms with Gasteiger partial charge in [0.1, 0.15) is 0 Å². The molecule has 0 saturated carbocycles. The molecule has 0 amide bonds. The zero-order valence-electron chi connectivity index (χ0n) is 12.7. The van der Waals surface area contributed by atoms with Crippen LogP contribution in [0, 0.1) is 0 Å². The van der Waals surface area contributed by atoms with Gasteiger partial charge in [-0.05, 0) is 23.6 Å². The molecule has 0 aliphatic carbocycles. The van der Waals surface area contributed by atoms with E-state index in [0.717, 1.165) is 44.7 Å². The minimum Gasteiger partial charge on any atom is -0.449 e. The van der Waals surface area contributed by atoms with Crippen LogP contribution in [0.3, 0.4) is 0 Å². The van der Waals surface area contributed by atoms with E-state index in [0.29, 0.717) is 5.56 Å². The van der Waals surface area contributed by atoms with Gasteiger partial charge in [0.2, 0.25) is 6.10 Å². The molecule has 1 fully saturated rings. The quantitative estimate of drug-likeness (QED) is 0.859. The van der Waals surface area contributed by atoms with Crippen LogP contribution >= 0.6 is 0 Å². The van der Waals surface area contributed by atoms with E-state index < -0.39 is 18.2 Å². The number of carbonyl (C=O) groups is 1. The molecule has 23 heavy (non-hydrogen) atoms. The molecule has 1 atom stereocenters. The highest BCUT2D eigenvalue weighted by Crippen LogP contribution is 2.31. The Balaban J connectivity index is 1.69. The molecule has 1 aromatic carbocycles. The lowest BCUT2D eigenvalue weighted by atomic mass is 9.95. The fourth-order valence-corrected chi connectivity index (χ4v) is 3.01. The number of hydrogen-bond acceptors (Lipinski definition) is 4. The van der Waals surface area contributed by atoms with Crippen molar-refractivity contribution < 1.29 is 22.7 Å². The summed E-state index contributed by atoms with van der Waals surface area (Å²) in [4.78, 5) is 14.0. The van der Waals surface area contributed by atoms with Crippen molar-refractivity contribution in [1.29, 1.82) is 0 Å². The van der Waals surface area contributed by atoms with Crippen LogP contribution in [-0.2, 0) is 17.6 Å². The highest BCUT2D eigenvalue weighted by atomic mass is 19.4. The average molecular weight is 328 g/mol. The van der Waals surface area contributed by atoms with Gasteiger partial charge in [0, 0.05) is 39.1 Å². The molecule has 0 aromatic heterocycles.